The summed E-state index contributed by atoms with van der Waals surface area (Å²) in [6, 6.07) is 14.6. The summed E-state index contributed by atoms with van der Waals surface area (Å²) in [7, 11) is 0. The SMILES string of the molecule is N#[N+]C=C(O)C[C@@H](NC(=O)c1ccccc1C(=O)NN)c1ccccc1. The molecule has 8 nitrogen and oxygen atoms in total. The first kappa shape index (κ1) is 18.6. The number of nitrogen functional groups attached to an aromatic ring is 1. The van der Waals surface area contributed by atoms with E-state index in [-0.39, 0.29) is 23.3 Å². The van der Waals surface area contributed by atoms with Gasteiger partial charge in [0.25, 0.3) is 11.8 Å². The summed E-state index contributed by atoms with van der Waals surface area (Å²) in [4.78, 5) is 27.3. The third-order valence-electron chi connectivity index (χ3n) is 3.67. The monoisotopic (exact) mass is 352 g/mol. The minimum Gasteiger partial charge on any atom is -0.505 e. The quantitative estimate of drug-likeness (QED) is 0.208. The zero-order valence-corrected chi connectivity index (χ0v) is 13.8. The van der Waals surface area contributed by atoms with Crippen LogP contribution >= 0.6 is 0 Å². The Morgan fingerprint density at radius 3 is 2.23 bits per heavy atom. The lowest BCUT2D eigenvalue weighted by Gasteiger charge is -2.19. The maximum atomic E-state index is 12.7. The lowest BCUT2D eigenvalue weighted by atomic mass is 10.0. The van der Waals surface area contributed by atoms with E-state index >= 15 is 0 Å². The number of amides is 2. The van der Waals surface area contributed by atoms with E-state index in [1.165, 1.54) is 12.1 Å². The van der Waals surface area contributed by atoms with Crippen LogP contribution in [0.2, 0.25) is 0 Å². The van der Waals surface area contributed by atoms with Gasteiger partial charge in [-0.2, -0.15) is 0 Å². The number of nitrogens with zero attached hydrogens (tertiary/aromatic N) is 2. The number of carbonyl (C=O) groups excluding carboxylic acids is 2. The number of nitrogens with one attached hydrogen (secondary N) is 2. The van der Waals surface area contributed by atoms with Crippen LogP contribution in [0.1, 0.15) is 38.7 Å². The van der Waals surface area contributed by atoms with Crippen LogP contribution < -0.4 is 16.6 Å². The van der Waals surface area contributed by atoms with Crippen LogP contribution in [-0.2, 0) is 0 Å². The van der Waals surface area contributed by atoms with Gasteiger partial charge in [0, 0.05) is 6.42 Å². The van der Waals surface area contributed by atoms with Gasteiger partial charge in [-0.15, -0.1) is 0 Å². The number of diazo groups is 1. The summed E-state index contributed by atoms with van der Waals surface area (Å²) >= 11 is 0. The van der Waals surface area contributed by atoms with Crippen molar-refractivity contribution in [1.29, 1.82) is 5.39 Å². The molecule has 26 heavy (non-hydrogen) atoms. The van der Waals surface area contributed by atoms with Crippen molar-refractivity contribution in [3.05, 3.63) is 88.2 Å². The van der Waals surface area contributed by atoms with Crippen molar-refractivity contribution in [2.45, 2.75) is 12.5 Å². The average molecular weight is 352 g/mol. The van der Waals surface area contributed by atoms with E-state index in [0.29, 0.717) is 0 Å². The number of carbonyl (C=O) groups is 2. The molecule has 0 radical (unpaired) electrons. The molecule has 0 aliphatic carbocycles. The van der Waals surface area contributed by atoms with Crippen LogP contribution in [-0.4, -0.2) is 16.9 Å². The highest BCUT2D eigenvalue weighted by atomic mass is 16.3. The topological polar surface area (TPSA) is 133 Å². The summed E-state index contributed by atoms with van der Waals surface area (Å²) < 4.78 is 0. The maximum Gasteiger partial charge on any atom is 0.387 e. The Morgan fingerprint density at radius 2 is 1.65 bits per heavy atom. The molecular formula is C18H18N5O3+. The summed E-state index contributed by atoms with van der Waals surface area (Å²) in [5.41, 5.74) is 3.01. The molecule has 132 valence electrons. The lowest BCUT2D eigenvalue weighted by Crippen LogP contribution is -2.34. The minimum atomic E-state index is -0.601. The van der Waals surface area contributed by atoms with Crippen LogP contribution in [0.3, 0.4) is 0 Å². The van der Waals surface area contributed by atoms with Crippen molar-refractivity contribution in [1.82, 2.24) is 10.7 Å². The minimum absolute atomic E-state index is 0.00503. The van der Waals surface area contributed by atoms with Crippen molar-refractivity contribution in [2.24, 2.45) is 5.84 Å². The number of rotatable bonds is 6. The van der Waals surface area contributed by atoms with Gasteiger partial charge < -0.3 is 10.4 Å². The van der Waals surface area contributed by atoms with Gasteiger partial charge in [-0.1, -0.05) is 42.5 Å². The second-order valence-corrected chi connectivity index (χ2v) is 5.40. The summed E-state index contributed by atoms with van der Waals surface area (Å²) in [5.74, 6) is 3.85. The van der Waals surface area contributed by atoms with Crippen molar-refractivity contribution in [3.63, 3.8) is 0 Å². The van der Waals surface area contributed by atoms with Crippen LogP contribution in [0.5, 0.6) is 0 Å². The molecule has 2 rings (SSSR count). The Bertz CT molecular complexity index is 859. The van der Waals surface area contributed by atoms with Crippen molar-refractivity contribution >= 4 is 11.8 Å². The zero-order valence-electron chi connectivity index (χ0n) is 13.8. The lowest BCUT2D eigenvalue weighted by molar-refractivity contribution is 0.0908. The molecule has 0 aliphatic rings. The van der Waals surface area contributed by atoms with E-state index in [9.17, 15) is 14.7 Å². The predicted molar refractivity (Wildman–Crippen MR) is 95.2 cm³/mol. The molecule has 2 aromatic carbocycles. The Morgan fingerprint density at radius 1 is 1.08 bits per heavy atom. The largest absolute Gasteiger partial charge is 0.505 e. The zero-order chi connectivity index (χ0) is 18.9. The van der Waals surface area contributed by atoms with Crippen LogP contribution in [0.4, 0.5) is 0 Å². The predicted octanol–water partition coefficient (Wildman–Crippen LogP) is 2.40. The number of aliphatic hydroxyl groups excluding tert-OH is 1. The van der Waals surface area contributed by atoms with Crippen LogP contribution in [0.25, 0.3) is 4.98 Å². The number of aliphatic hydroxyl groups is 1. The molecule has 0 fully saturated rings. The van der Waals surface area contributed by atoms with Gasteiger partial charge in [-0.05, 0) is 17.7 Å². The normalized spacial score (nSPS) is 11.9. The highest BCUT2D eigenvalue weighted by Gasteiger charge is 2.21. The Balaban J connectivity index is 2.31. The third-order valence-corrected chi connectivity index (χ3v) is 3.67. The highest BCUT2D eigenvalue weighted by molar-refractivity contribution is 6.07. The first-order valence-corrected chi connectivity index (χ1v) is 7.74. The molecule has 8 heteroatoms. The average Bonchev–Trinajstić information content (AvgIpc) is 2.67. The van der Waals surface area contributed by atoms with Gasteiger partial charge in [0.2, 0.25) is 5.39 Å². The van der Waals surface area contributed by atoms with Gasteiger partial charge in [-0.3, -0.25) is 15.0 Å². The van der Waals surface area contributed by atoms with Gasteiger partial charge in [-0.25, -0.2) is 5.84 Å². The molecule has 2 amide bonds. The van der Waals surface area contributed by atoms with E-state index in [1.807, 2.05) is 11.5 Å². The van der Waals surface area contributed by atoms with Crippen molar-refractivity contribution < 1.29 is 14.7 Å². The molecule has 0 aliphatic heterocycles. The number of hydrazine groups is 1. The van der Waals surface area contributed by atoms with Crippen LogP contribution in [0.15, 0.2) is 66.6 Å². The molecule has 2 aromatic rings. The number of nitrogens with two attached hydrogens (primary N) is 1. The van der Waals surface area contributed by atoms with E-state index < -0.39 is 17.9 Å². The van der Waals surface area contributed by atoms with E-state index in [1.54, 1.807) is 36.4 Å². The molecule has 0 saturated heterocycles. The maximum absolute atomic E-state index is 12.7. The Hall–Kier alpha value is -3.70. The first-order valence-electron chi connectivity index (χ1n) is 7.74. The fraction of sp³-hybridized carbons (Fsp3) is 0.111. The Kier molecular flexibility index (Phi) is 6.42. The number of hydrogen-bond acceptors (Lipinski definition) is 5. The van der Waals surface area contributed by atoms with Gasteiger partial charge in [0.1, 0.15) is 0 Å². The fourth-order valence-corrected chi connectivity index (χ4v) is 2.46. The molecule has 0 aromatic heterocycles. The Labute approximate surface area is 149 Å². The molecule has 0 heterocycles. The molecule has 0 bridgehead atoms. The molecule has 0 saturated carbocycles. The van der Waals surface area contributed by atoms with Gasteiger partial charge >= 0.3 is 6.20 Å². The third kappa shape index (κ3) is 4.66. The molecule has 0 spiro atoms. The van der Waals surface area contributed by atoms with Gasteiger partial charge in [0.15, 0.2) is 10.7 Å². The standard InChI is InChI=1S/C18H17N5O3/c19-21-11-13(24)10-16(12-6-2-1-3-7-12)22-17(25)14-8-4-5-9-15(14)18(26)23-20/h1-9,11,16,19-20H,10H2,(H2,22,24,25)/p+1/t16-/m1/s1. The van der Waals surface area contributed by atoms with E-state index in [2.05, 4.69) is 10.3 Å². The van der Waals surface area contributed by atoms with Crippen LogP contribution in [0, 0.1) is 5.39 Å². The fourth-order valence-electron chi connectivity index (χ4n) is 2.46. The van der Waals surface area contributed by atoms with E-state index in [0.717, 1.165) is 11.8 Å². The molecular weight excluding hydrogens is 334 g/mol. The molecule has 1 atom stereocenters. The number of hydrogen-bond donors (Lipinski definition) is 4. The van der Waals surface area contributed by atoms with Crippen molar-refractivity contribution in [2.75, 3.05) is 0 Å². The first-order chi connectivity index (χ1) is 12.6. The second kappa shape index (κ2) is 8.96. The highest BCUT2D eigenvalue weighted by Crippen LogP contribution is 2.21. The second-order valence-electron chi connectivity index (χ2n) is 5.40. The summed E-state index contributed by atoms with van der Waals surface area (Å²) in [6.07, 6.45) is 0.892. The number of benzene rings is 2. The summed E-state index contributed by atoms with van der Waals surface area (Å²) in [5, 5.41) is 21.1. The van der Waals surface area contributed by atoms with E-state index in [4.69, 9.17) is 11.2 Å². The smallest absolute Gasteiger partial charge is 0.387 e. The molecule has 5 N–H and O–H groups in total. The summed E-state index contributed by atoms with van der Waals surface area (Å²) in [6.45, 7) is 0. The van der Waals surface area contributed by atoms with Crippen molar-refractivity contribution in [3.8, 4) is 0 Å². The molecule has 0 unspecified atom stereocenters. The van der Waals surface area contributed by atoms with Gasteiger partial charge in [0.05, 0.1) is 17.2 Å².